The third-order valence-corrected chi connectivity index (χ3v) is 6.17. The number of carboxylic acid groups (broad SMARTS) is 2. The molecule has 0 aliphatic heterocycles. The maximum Gasteiger partial charge on any atom is 0.354 e. The van der Waals surface area contributed by atoms with E-state index in [-0.39, 0.29) is 23.5 Å². The molecule has 0 radical (unpaired) electrons. The molecule has 4 rings (SSSR count). The number of aromatic carboxylic acids is 2. The first-order valence-corrected chi connectivity index (χ1v) is 11.9. The number of unbranched alkanes of at least 4 members (excludes halogenated alkanes) is 1. The van der Waals surface area contributed by atoms with Crippen molar-refractivity contribution < 1.29 is 24.9 Å². The molecule has 0 aliphatic carbocycles. The van der Waals surface area contributed by atoms with Crippen LogP contribution in [0.1, 0.15) is 69.4 Å². The molecule has 0 fully saturated rings. The van der Waals surface area contributed by atoms with E-state index in [2.05, 4.69) is 11.9 Å². The van der Waals surface area contributed by atoms with Crippen LogP contribution in [0.15, 0.2) is 78.9 Å². The third kappa shape index (κ3) is 5.21. The fourth-order valence-electron chi connectivity index (χ4n) is 4.32. The van der Waals surface area contributed by atoms with Crippen LogP contribution in [0, 0.1) is 0 Å². The van der Waals surface area contributed by atoms with Gasteiger partial charge in [-0.2, -0.15) is 0 Å². The smallest absolute Gasteiger partial charge is 0.354 e. The Hall–Kier alpha value is -4.23. The highest BCUT2D eigenvalue weighted by atomic mass is 16.4. The van der Waals surface area contributed by atoms with Gasteiger partial charge in [0.25, 0.3) is 0 Å². The van der Waals surface area contributed by atoms with Crippen LogP contribution in [0.5, 0.6) is 0 Å². The number of carboxylic acids is 2. The van der Waals surface area contributed by atoms with Gasteiger partial charge in [-0.25, -0.2) is 14.6 Å². The molecular formula is C29H28N2O5. The van der Waals surface area contributed by atoms with Gasteiger partial charge in [-0.3, -0.25) is 0 Å². The minimum atomic E-state index is -1.16. The van der Waals surface area contributed by atoms with Gasteiger partial charge in [-0.1, -0.05) is 86.1 Å². The number of hydrogen-bond acceptors (Lipinski definition) is 4. The van der Waals surface area contributed by atoms with Crippen molar-refractivity contribution in [1.29, 1.82) is 0 Å². The summed E-state index contributed by atoms with van der Waals surface area (Å²) in [5.41, 5.74) is 3.10. The van der Waals surface area contributed by atoms with Crippen LogP contribution in [0.2, 0.25) is 0 Å². The number of nitrogens with zero attached hydrogens (tertiary/aromatic N) is 2. The molecule has 36 heavy (non-hydrogen) atoms. The molecule has 184 valence electrons. The summed E-state index contributed by atoms with van der Waals surface area (Å²) >= 11 is 0. The van der Waals surface area contributed by atoms with Crippen molar-refractivity contribution in [2.24, 2.45) is 0 Å². The highest BCUT2D eigenvalue weighted by molar-refractivity contribution is 5.96. The van der Waals surface area contributed by atoms with E-state index < -0.39 is 18.0 Å². The number of aromatic nitrogens is 2. The van der Waals surface area contributed by atoms with Crippen LogP contribution in [0.4, 0.5) is 0 Å². The largest absolute Gasteiger partial charge is 0.478 e. The van der Waals surface area contributed by atoms with Gasteiger partial charge in [-0.15, -0.1) is 0 Å². The first kappa shape index (κ1) is 24.9. The molecule has 1 unspecified atom stereocenters. The Morgan fingerprint density at radius 2 is 1.56 bits per heavy atom. The SMILES string of the molecule is CCCCc1nc(C(O)c2ccccc2)c(C(=O)O)n1Cc1ccc(-c2ccccc2C(=O)O)cc1. The zero-order valence-corrected chi connectivity index (χ0v) is 20.0. The number of aliphatic hydroxyl groups is 1. The number of imidazole rings is 1. The predicted molar refractivity (Wildman–Crippen MR) is 136 cm³/mol. The molecule has 7 heteroatoms. The van der Waals surface area contributed by atoms with E-state index in [1.165, 1.54) is 0 Å². The minimum Gasteiger partial charge on any atom is -0.478 e. The number of aryl methyl sites for hydroxylation is 1. The van der Waals surface area contributed by atoms with Crippen LogP contribution in [0.3, 0.4) is 0 Å². The van der Waals surface area contributed by atoms with Gasteiger partial charge in [0.1, 0.15) is 17.6 Å². The van der Waals surface area contributed by atoms with Gasteiger partial charge < -0.3 is 19.9 Å². The zero-order valence-electron chi connectivity index (χ0n) is 20.0. The highest BCUT2D eigenvalue weighted by Gasteiger charge is 2.28. The van der Waals surface area contributed by atoms with E-state index in [4.69, 9.17) is 0 Å². The van der Waals surface area contributed by atoms with Gasteiger partial charge in [-0.05, 0) is 34.7 Å². The van der Waals surface area contributed by atoms with Crippen molar-refractivity contribution in [2.45, 2.75) is 38.8 Å². The molecule has 1 atom stereocenters. The van der Waals surface area contributed by atoms with E-state index in [1.807, 2.05) is 30.3 Å². The van der Waals surface area contributed by atoms with E-state index in [0.717, 1.165) is 24.0 Å². The summed E-state index contributed by atoms with van der Waals surface area (Å²) in [4.78, 5) is 28.6. The summed E-state index contributed by atoms with van der Waals surface area (Å²) in [6.07, 6.45) is 1.18. The summed E-state index contributed by atoms with van der Waals surface area (Å²) in [6, 6.07) is 23.1. The molecule has 0 spiro atoms. The third-order valence-electron chi connectivity index (χ3n) is 6.17. The second-order valence-electron chi connectivity index (χ2n) is 8.62. The highest BCUT2D eigenvalue weighted by Crippen LogP contribution is 2.28. The minimum absolute atomic E-state index is 0.0299. The summed E-state index contributed by atoms with van der Waals surface area (Å²) < 4.78 is 1.67. The second kappa shape index (κ2) is 11.0. The molecule has 0 saturated heterocycles. The van der Waals surface area contributed by atoms with Crippen LogP contribution >= 0.6 is 0 Å². The molecule has 1 heterocycles. The second-order valence-corrected chi connectivity index (χ2v) is 8.62. The predicted octanol–water partition coefficient (Wildman–Crippen LogP) is 5.42. The number of rotatable bonds is 10. The van der Waals surface area contributed by atoms with Crippen LogP contribution in [-0.2, 0) is 13.0 Å². The Bertz CT molecular complexity index is 1360. The lowest BCUT2D eigenvalue weighted by Gasteiger charge is -2.13. The van der Waals surface area contributed by atoms with Crippen molar-refractivity contribution in [2.75, 3.05) is 0 Å². The van der Waals surface area contributed by atoms with Crippen LogP contribution < -0.4 is 0 Å². The normalized spacial score (nSPS) is 11.8. The average molecular weight is 485 g/mol. The lowest BCUT2D eigenvalue weighted by molar-refractivity contribution is 0.0674. The first-order chi connectivity index (χ1) is 17.4. The molecule has 0 amide bonds. The van der Waals surface area contributed by atoms with E-state index in [1.54, 1.807) is 53.1 Å². The first-order valence-electron chi connectivity index (χ1n) is 11.9. The molecule has 0 bridgehead atoms. The fourth-order valence-corrected chi connectivity index (χ4v) is 4.32. The van der Waals surface area contributed by atoms with E-state index in [9.17, 15) is 24.9 Å². The molecule has 7 nitrogen and oxygen atoms in total. The average Bonchev–Trinajstić information content (AvgIpc) is 3.26. The van der Waals surface area contributed by atoms with Crippen molar-refractivity contribution >= 4 is 11.9 Å². The number of carbonyl (C=O) groups is 2. The topological polar surface area (TPSA) is 113 Å². The summed E-state index contributed by atoms with van der Waals surface area (Å²) in [6.45, 7) is 2.31. The van der Waals surface area contributed by atoms with Crippen molar-refractivity contribution in [1.82, 2.24) is 9.55 Å². The monoisotopic (exact) mass is 484 g/mol. The van der Waals surface area contributed by atoms with Crippen molar-refractivity contribution in [3.63, 3.8) is 0 Å². The number of aliphatic hydroxyl groups excluding tert-OH is 1. The van der Waals surface area contributed by atoms with Gasteiger partial charge in [0.15, 0.2) is 5.69 Å². The maximum absolute atomic E-state index is 12.4. The Morgan fingerprint density at radius 1 is 0.889 bits per heavy atom. The molecule has 0 saturated carbocycles. The lowest BCUT2D eigenvalue weighted by Crippen LogP contribution is -2.15. The summed E-state index contributed by atoms with van der Waals surface area (Å²) in [5.74, 6) is -1.54. The van der Waals surface area contributed by atoms with Gasteiger partial charge in [0, 0.05) is 13.0 Å². The Labute approximate surface area is 209 Å². The van der Waals surface area contributed by atoms with E-state index >= 15 is 0 Å². The Kier molecular flexibility index (Phi) is 7.61. The molecule has 4 aromatic rings. The molecule has 0 aliphatic rings. The molecule has 3 aromatic carbocycles. The quantitative estimate of drug-likeness (QED) is 0.277. The van der Waals surface area contributed by atoms with Crippen LogP contribution in [0.25, 0.3) is 11.1 Å². The lowest BCUT2D eigenvalue weighted by atomic mass is 9.98. The Morgan fingerprint density at radius 3 is 2.19 bits per heavy atom. The number of hydrogen-bond donors (Lipinski definition) is 3. The van der Waals surface area contributed by atoms with E-state index in [0.29, 0.717) is 23.4 Å². The standard InChI is InChI=1S/C29H28N2O5/c1-2-3-13-24-30-25(27(32)21-9-5-4-6-10-21)26(29(35)36)31(24)18-19-14-16-20(17-15-19)22-11-7-8-12-23(22)28(33)34/h4-12,14-17,27,32H,2-3,13,18H2,1H3,(H,33,34)(H,35,36). The van der Waals surface area contributed by atoms with Crippen molar-refractivity contribution in [3.8, 4) is 11.1 Å². The van der Waals surface area contributed by atoms with Crippen molar-refractivity contribution in [3.05, 3.63) is 113 Å². The molecular weight excluding hydrogens is 456 g/mol. The maximum atomic E-state index is 12.4. The van der Waals surface area contributed by atoms with Gasteiger partial charge in [0.2, 0.25) is 0 Å². The van der Waals surface area contributed by atoms with Crippen LogP contribution in [-0.4, -0.2) is 36.8 Å². The summed E-state index contributed by atoms with van der Waals surface area (Å²) in [7, 11) is 0. The van der Waals surface area contributed by atoms with Gasteiger partial charge in [0.05, 0.1) is 5.56 Å². The molecule has 3 N–H and O–H groups in total. The Balaban J connectivity index is 1.72. The van der Waals surface area contributed by atoms with Gasteiger partial charge >= 0.3 is 11.9 Å². The fraction of sp³-hybridized carbons (Fsp3) is 0.207. The zero-order chi connectivity index (χ0) is 25.7. The summed E-state index contributed by atoms with van der Waals surface area (Å²) in [5, 5.41) is 30.6. The molecule has 1 aromatic heterocycles. The number of benzene rings is 3.